The van der Waals surface area contributed by atoms with Crippen molar-refractivity contribution in [3.05, 3.63) is 69.9 Å². The summed E-state index contributed by atoms with van der Waals surface area (Å²) in [5.41, 5.74) is 18.3. The molecule has 4 amide bonds. The quantitative estimate of drug-likeness (QED) is 0.0575. The number of amides is 4. The zero-order chi connectivity index (χ0) is 53.9. The Morgan fingerprint density at radius 3 is 2.34 bits per heavy atom. The number of nitrogens with zero attached hydrogens (tertiary/aromatic N) is 3. The van der Waals surface area contributed by atoms with Crippen molar-refractivity contribution in [2.45, 2.75) is 89.1 Å². The average molecular weight is 1040 g/mol. The molecule has 5 atom stereocenters. The molecule has 6 rings (SSSR count). The van der Waals surface area contributed by atoms with Gasteiger partial charge in [0.05, 0.1) is 12.3 Å². The Labute approximate surface area is 419 Å². The number of ether oxygens (including phenoxy) is 2. The molecule has 0 saturated carbocycles. The maximum atomic E-state index is 14.9. The van der Waals surface area contributed by atoms with Crippen LogP contribution >= 0.6 is 0 Å². The summed E-state index contributed by atoms with van der Waals surface area (Å²) in [6.45, 7) is 5.24. The summed E-state index contributed by atoms with van der Waals surface area (Å²) < 4.78 is 38.5. The number of carbonyl (C=O) groups is 5. The van der Waals surface area contributed by atoms with Crippen LogP contribution in [0.4, 0.5) is 5.82 Å². The van der Waals surface area contributed by atoms with Gasteiger partial charge in [0.1, 0.15) is 71.1 Å². The van der Waals surface area contributed by atoms with Crippen molar-refractivity contribution < 1.29 is 67.4 Å². The molecule has 0 fully saturated rings. The minimum absolute atomic E-state index is 0.0343. The first-order chi connectivity index (χ1) is 34.3. The lowest BCUT2D eigenvalue weighted by atomic mass is 9.86. The van der Waals surface area contributed by atoms with Gasteiger partial charge in [0, 0.05) is 37.7 Å². The molecule has 4 aromatic rings. The smallest absolute Gasteiger partial charge is 0.326 e. The number of rotatable bonds is 17. The summed E-state index contributed by atoms with van der Waals surface area (Å²) in [5.74, 6) is -7.71. The zero-order valence-electron chi connectivity index (χ0n) is 40.7. The number of carbonyl (C=O) groups excluding carboxylic acids is 4. The fourth-order valence-electron chi connectivity index (χ4n) is 8.64. The van der Waals surface area contributed by atoms with E-state index in [1.165, 1.54) is 50.2 Å². The van der Waals surface area contributed by atoms with Crippen molar-refractivity contribution in [1.29, 1.82) is 0 Å². The second-order valence-corrected chi connectivity index (χ2v) is 19.8. The number of aromatic nitrogens is 2. The highest BCUT2D eigenvalue weighted by Gasteiger charge is 2.39. The van der Waals surface area contributed by atoms with E-state index in [-0.39, 0.29) is 94.9 Å². The molecule has 1 aliphatic carbocycles. The van der Waals surface area contributed by atoms with E-state index < -0.39 is 93.8 Å². The van der Waals surface area contributed by atoms with Gasteiger partial charge in [0.25, 0.3) is 16.1 Å². The van der Waals surface area contributed by atoms with E-state index >= 15 is 0 Å². The lowest BCUT2D eigenvalue weighted by molar-refractivity contribution is -0.143. The topological polar surface area (TPSA) is 420 Å². The maximum Gasteiger partial charge on any atom is 0.326 e. The molecule has 0 radical (unpaired) electrons. The summed E-state index contributed by atoms with van der Waals surface area (Å²) in [6, 6.07) is 1.68. The van der Waals surface area contributed by atoms with Crippen molar-refractivity contribution in [3.8, 4) is 51.3 Å². The van der Waals surface area contributed by atoms with Crippen LogP contribution in [0.15, 0.2) is 36.4 Å². The lowest BCUT2D eigenvalue weighted by Crippen LogP contribution is -2.57. The number of carboxylic acids is 1. The Bertz CT molecular complexity index is 2910. The fraction of sp³-hybridized carbons (Fsp3) is 0.426. The number of hydrogen-bond donors (Lipinski definition) is 13. The van der Waals surface area contributed by atoms with Gasteiger partial charge in [0.2, 0.25) is 17.7 Å². The number of anilines is 1. The SMILES string of the molecule is Cc1nc(-c2c(O)cc3c(c2O)CCC3(C)C)nc(N)c1C(=O)N[C@@H](CNS(N)(=O)=O)C(=O)N(C)[C@@H]1C(=O)N[C@@H](C)C(=O)N[C@H](C(=O)O)Cc2ccc(OC[C@H](O)CN)c(c2)-c2cc1cc(OCCCN)c2O. The van der Waals surface area contributed by atoms with E-state index in [4.69, 9.17) is 31.8 Å². The van der Waals surface area contributed by atoms with Gasteiger partial charge in [-0.1, -0.05) is 19.9 Å². The molecule has 1 aliphatic heterocycles. The molecule has 1 aromatic heterocycles. The monoisotopic (exact) mass is 1040 g/mol. The number of likely N-dealkylation sites (N-methyl/N-ethyl adjacent to an activating group) is 1. The summed E-state index contributed by atoms with van der Waals surface area (Å²) >= 11 is 0. The number of phenols is 3. The highest BCUT2D eigenvalue weighted by Crippen LogP contribution is 2.49. The third kappa shape index (κ3) is 12.3. The van der Waals surface area contributed by atoms with E-state index in [2.05, 4.69) is 25.9 Å². The first-order valence-electron chi connectivity index (χ1n) is 23.0. The number of nitrogens with two attached hydrogens (primary N) is 4. The van der Waals surface area contributed by atoms with Crippen molar-refractivity contribution in [2.75, 3.05) is 45.6 Å². The maximum absolute atomic E-state index is 14.9. The number of benzene rings is 3. The second-order valence-electron chi connectivity index (χ2n) is 18.5. The van der Waals surface area contributed by atoms with Crippen LogP contribution in [0.1, 0.15) is 78.0 Å². The van der Waals surface area contributed by atoms with Gasteiger partial charge in [0.15, 0.2) is 17.3 Å². The van der Waals surface area contributed by atoms with Crippen LogP contribution in [0.2, 0.25) is 0 Å². The number of nitrogens with one attached hydrogen (secondary N) is 4. The number of nitrogen functional groups attached to an aromatic ring is 1. The highest BCUT2D eigenvalue weighted by atomic mass is 32.2. The van der Waals surface area contributed by atoms with Gasteiger partial charge in [-0.2, -0.15) is 13.1 Å². The molecule has 26 heteroatoms. The van der Waals surface area contributed by atoms with Gasteiger partial charge in [-0.3, -0.25) is 19.2 Å². The van der Waals surface area contributed by atoms with Crippen molar-refractivity contribution in [1.82, 2.24) is 35.5 Å². The molecule has 4 bridgehead atoms. The second kappa shape index (κ2) is 22.2. The third-order valence-electron chi connectivity index (χ3n) is 12.6. The molecule has 0 spiro atoms. The van der Waals surface area contributed by atoms with E-state index in [1.807, 2.05) is 18.6 Å². The van der Waals surface area contributed by atoms with Crippen LogP contribution in [0.25, 0.3) is 22.5 Å². The van der Waals surface area contributed by atoms with Crippen molar-refractivity contribution in [2.24, 2.45) is 16.6 Å². The first-order valence-corrected chi connectivity index (χ1v) is 24.6. The van der Waals surface area contributed by atoms with Crippen molar-refractivity contribution >= 4 is 45.6 Å². The molecule has 25 nitrogen and oxygen atoms in total. The van der Waals surface area contributed by atoms with Crippen LogP contribution in [-0.2, 0) is 47.6 Å². The number of aliphatic hydroxyl groups is 1. The molecule has 17 N–H and O–H groups in total. The summed E-state index contributed by atoms with van der Waals surface area (Å²) in [4.78, 5) is 79.4. The highest BCUT2D eigenvalue weighted by molar-refractivity contribution is 7.87. The molecule has 2 heterocycles. The summed E-state index contributed by atoms with van der Waals surface area (Å²) in [7, 11) is -3.45. The van der Waals surface area contributed by atoms with E-state index in [9.17, 15) is 57.9 Å². The fourth-order valence-corrected chi connectivity index (χ4v) is 9.04. The van der Waals surface area contributed by atoms with Crippen LogP contribution in [0.5, 0.6) is 28.7 Å². The molecule has 3 aromatic carbocycles. The van der Waals surface area contributed by atoms with Gasteiger partial charge in [-0.05, 0) is 97.7 Å². The average Bonchev–Trinajstić information content (AvgIpc) is 3.62. The zero-order valence-corrected chi connectivity index (χ0v) is 41.5. The molecule has 2 aliphatic rings. The Balaban J connectivity index is 1.47. The van der Waals surface area contributed by atoms with Gasteiger partial charge in [-0.15, -0.1) is 0 Å². The first kappa shape index (κ1) is 55.0. The number of aliphatic hydroxyl groups excluding tert-OH is 1. The Kier molecular flexibility index (Phi) is 16.7. The summed E-state index contributed by atoms with van der Waals surface area (Å²) in [6.07, 6.45) is 0.0543. The Hall–Kier alpha value is -7.36. The van der Waals surface area contributed by atoms with Gasteiger partial charge < -0.3 is 73.1 Å². The van der Waals surface area contributed by atoms with Crippen LogP contribution < -0.4 is 52.5 Å². The molecule has 0 unspecified atom stereocenters. The van der Waals surface area contributed by atoms with Crippen LogP contribution in [0.3, 0.4) is 0 Å². The number of aromatic hydroxyl groups is 3. The number of hydrogen-bond acceptors (Lipinski definition) is 18. The Morgan fingerprint density at radius 2 is 1.70 bits per heavy atom. The summed E-state index contributed by atoms with van der Waals surface area (Å²) in [5, 5.41) is 67.4. The van der Waals surface area contributed by atoms with Crippen LogP contribution in [0, 0.1) is 6.92 Å². The minimum Gasteiger partial charge on any atom is -0.507 e. The Morgan fingerprint density at radius 1 is 0.986 bits per heavy atom. The largest absolute Gasteiger partial charge is 0.507 e. The molecular formula is C47H61N11O14S. The lowest BCUT2D eigenvalue weighted by Gasteiger charge is -2.33. The number of phenolic OH excluding ortho intramolecular Hbond substituents is 3. The van der Waals surface area contributed by atoms with Crippen LogP contribution in [-0.4, -0.2) is 143 Å². The third-order valence-corrected chi connectivity index (χ3v) is 13.2. The predicted molar refractivity (Wildman–Crippen MR) is 263 cm³/mol. The van der Waals surface area contributed by atoms with Gasteiger partial charge in [-0.25, -0.2) is 19.9 Å². The number of fused-ring (bicyclic) bond motifs is 6. The number of aryl methyl sites for hydroxylation is 1. The molecule has 394 valence electrons. The normalized spacial score (nSPS) is 18.3. The van der Waals surface area contributed by atoms with E-state index in [0.29, 0.717) is 30.4 Å². The molecular weight excluding hydrogens is 975 g/mol. The standard InChI is InChI=1S/C47H61N11O14S/c1-21-35(40(50)57-41(53-21)36-32(60)17-29-26(39(36)62)9-10-47(29,3)4)43(64)56-31(19-52-73(51,69)70)45(66)58(5)37-24-15-28(38(61)34(16-24)71-12-6-11-48)27-13-23(7-8-33(27)72-20-25(59)18-49)14-30(46(67)68)55-42(63)22(2)54-44(37)65/h7-8,13,15-17,22,25,30-31,37,52,59-62H,6,9-12,14,18-20,48-49H2,1-5H3,(H,54,65)(H,55,63)(H,56,64)(H,67,68)(H2,50,53,57)(H2,51,69,70)/t22-,25+,30-,31-,37-/m0/s1. The predicted octanol–water partition coefficient (Wildman–Crippen LogP) is -0.811. The molecule has 0 saturated heterocycles. The van der Waals surface area contributed by atoms with Gasteiger partial charge >= 0.3 is 5.97 Å². The van der Waals surface area contributed by atoms with E-state index in [1.54, 1.807) is 0 Å². The van der Waals surface area contributed by atoms with E-state index in [0.717, 1.165) is 17.5 Å². The minimum atomic E-state index is -4.57. The number of aliphatic carboxylic acids is 1. The molecule has 73 heavy (non-hydrogen) atoms. The number of carboxylic acid groups (broad SMARTS) is 1. The van der Waals surface area contributed by atoms with Crippen molar-refractivity contribution in [3.63, 3.8) is 0 Å².